The van der Waals surface area contributed by atoms with Crippen molar-refractivity contribution >= 4 is 10.0 Å². The van der Waals surface area contributed by atoms with Gasteiger partial charge in [-0.2, -0.15) is 5.26 Å². The fourth-order valence-corrected chi connectivity index (χ4v) is 4.32. The molecular weight excluding hydrogens is 272 g/mol. The van der Waals surface area contributed by atoms with Crippen LogP contribution in [0.15, 0.2) is 29.2 Å². The Kier molecular flexibility index (Phi) is 4.46. The first-order chi connectivity index (χ1) is 9.45. The molecule has 1 aromatic carbocycles. The lowest BCUT2D eigenvalue weighted by molar-refractivity contribution is 0.227. The smallest absolute Gasteiger partial charge is 0.208 e. The van der Waals surface area contributed by atoms with Crippen molar-refractivity contribution in [2.45, 2.75) is 44.0 Å². The molecule has 0 aromatic heterocycles. The van der Waals surface area contributed by atoms with Crippen molar-refractivity contribution in [1.82, 2.24) is 4.72 Å². The topological polar surface area (TPSA) is 70.0 Å². The average Bonchev–Trinajstić information content (AvgIpc) is 2.43. The summed E-state index contributed by atoms with van der Waals surface area (Å²) in [5.74, 6) is 0.829. The lowest BCUT2D eigenvalue weighted by atomic mass is 9.78. The van der Waals surface area contributed by atoms with Crippen molar-refractivity contribution < 1.29 is 8.42 Å². The molecular formula is C15H20N2O2S. The minimum absolute atomic E-state index is 0.0458. The van der Waals surface area contributed by atoms with E-state index in [1.165, 1.54) is 12.1 Å². The predicted octanol–water partition coefficient (Wildman–Crippen LogP) is 2.66. The monoisotopic (exact) mass is 292 g/mol. The van der Waals surface area contributed by atoms with Gasteiger partial charge in [-0.05, 0) is 30.4 Å². The molecule has 0 amide bonds. The second-order valence-electron chi connectivity index (χ2n) is 5.60. The van der Waals surface area contributed by atoms with Crippen LogP contribution >= 0.6 is 0 Å². The Morgan fingerprint density at radius 1 is 1.25 bits per heavy atom. The van der Waals surface area contributed by atoms with E-state index in [1.807, 2.05) is 6.07 Å². The fourth-order valence-electron chi connectivity index (χ4n) is 2.80. The molecule has 0 bridgehead atoms. The van der Waals surface area contributed by atoms with Crippen molar-refractivity contribution in [2.75, 3.05) is 0 Å². The lowest BCUT2D eigenvalue weighted by Crippen LogP contribution is -2.43. The van der Waals surface area contributed by atoms with Gasteiger partial charge in [-0.3, -0.25) is 0 Å². The highest BCUT2D eigenvalue weighted by molar-refractivity contribution is 7.89. The zero-order valence-electron chi connectivity index (χ0n) is 11.8. The van der Waals surface area contributed by atoms with E-state index in [9.17, 15) is 8.42 Å². The van der Waals surface area contributed by atoms with Crippen LogP contribution in [0.5, 0.6) is 0 Å². The van der Waals surface area contributed by atoms with E-state index in [1.54, 1.807) is 12.1 Å². The Morgan fingerprint density at radius 3 is 2.65 bits per heavy atom. The molecule has 0 spiro atoms. The molecule has 0 heterocycles. The number of hydrogen-bond acceptors (Lipinski definition) is 3. The molecule has 108 valence electrons. The third-order valence-corrected chi connectivity index (χ3v) is 5.86. The molecule has 0 unspecified atom stereocenters. The Morgan fingerprint density at radius 2 is 1.95 bits per heavy atom. The van der Waals surface area contributed by atoms with E-state index in [4.69, 9.17) is 5.26 Å². The first kappa shape index (κ1) is 15.0. The van der Waals surface area contributed by atoms with Gasteiger partial charge in [0, 0.05) is 6.04 Å². The number of sulfonamides is 1. The van der Waals surface area contributed by atoms with Crippen molar-refractivity contribution in [1.29, 1.82) is 5.26 Å². The normalized spacial score (nSPS) is 26.9. The summed E-state index contributed by atoms with van der Waals surface area (Å²) in [5.41, 5.74) is 0.191. The van der Waals surface area contributed by atoms with Gasteiger partial charge < -0.3 is 0 Å². The third-order valence-electron chi connectivity index (χ3n) is 4.31. The van der Waals surface area contributed by atoms with Crippen LogP contribution in [0.4, 0.5) is 0 Å². The van der Waals surface area contributed by atoms with E-state index in [2.05, 4.69) is 18.6 Å². The van der Waals surface area contributed by atoms with Crippen molar-refractivity contribution in [3.05, 3.63) is 29.8 Å². The van der Waals surface area contributed by atoms with Gasteiger partial charge in [-0.25, -0.2) is 13.1 Å². The number of benzene rings is 1. The third kappa shape index (κ3) is 3.02. The molecule has 20 heavy (non-hydrogen) atoms. The van der Waals surface area contributed by atoms with Gasteiger partial charge in [-0.1, -0.05) is 38.8 Å². The van der Waals surface area contributed by atoms with Crippen molar-refractivity contribution in [3.8, 4) is 6.07 Å². The molecule has 1 aliphatic rings. The van der Waals surface area contributed by atoms with Crippen molar-refractivity contribution in [2.24, 2.45) is 11.8 Å². The number of rotatable bonds is 3. The van der Waals surface area contributed by atoms with E-state index in [0.717, 1.165) is 19.3 Å². The number of nitrogens with zero attached hydrogens (tertiary/aromatic N) is 1. The number of nitriles is 1. The van der Waals surface area contributed by atoms with Crippen LogP contribution in [-0.4, -0.2) is 14.5 Å². The van der Waals surface area contributed by atoms with E-state index >= 15 is 0 Å². The summed E-state index contributed by atoms with van der Waals surface area (Å²) < 4.78 is 27.7. The molecule has 3 atom stereocenters. The van der Waals surface area contributed by atoms with Gasteiger partial charge in [0.15, 0.2) is 0 Å². The second kappa shape index (κ2) is 5.94. The van der Waals surface area contributed by atoms with Crippen LogP contribution < -0.4 is 4.72 Å². The van der Waals surface area contributed by atoms with Gasteiger partial charge in [0.05, 0.1) is 10.5 Å². The molecule has 1 saturated carbocycles. The summed E-state index contributed by atoms with van der Waals surface area (Å²) in [6, 6.07) is 8.22. The van der Waals surface area contributed by atoms with E-state index < -0.39 is 10.0 Å². The van der Waals surface area contributed by atoms with Crippen LogP contribution in [0.2, 0.25) is 0 Å². The highest BCUT2D eigenvalue weighted by Gasteiger charge is 2.31. The molecule has 0 radical (unpaired) electrons. The Hall–Kier alpha value is -1.38. The summed E-state index contributed by atoms with van der Waals surface area (Å²) >= 11 is 0. The highest BCUT2D eigenvalue weighted by atomic mass is 32.2. The average molecular weight is 292 g/mol. The summed E-state index contributed by atoms with van der Waals surface area (Å²) in [6.07, 6.45) is 3.05. The van der Waals surface area contributed by atoms with Gasteiger partial charge in [-0.15, -0.1) is 0 Å². The molecule has 1 aromatic rings. The predicted molar refractivity (Wildman–Crippen MR) is 77.4 cm³/mol. The number of nitrogens with one attached hydrogen (secondary N) is 1. The first-order valence-electron chi connectivity index (χ1n) is 6.97. The molecule has 1 aliphatic carbocycles. The molecule has 4 nitrogen and oxygen atoms in total. The second-order valence-corrected chi connectivity index (χ2v) is 7.29. The van der Waals surface area contributed by atoms with Crippen molar-refractivity contribution in [3.63, 3.8) is 0 Å². The van der Waals surface area contributed by atoms with Gasteiger partial charge in [0.2, 0.25) is 10.0 Å². The van der Waals surface area contributed by atoms with Gasteiger partial charge in [0.1, 0.15) is 6.07 Å². The van der Waals surface area contributed by atoms with E-state index in [0.29, 0.717) is 11.8 Å². The van der Waals surface area contributed by atoms with Crippen LogP contribution in [0.3, 0.4) is 0 Å². The maximum Gasteiger partial charge on any atom is 0.242 e. The maximum absolute atomic E-state index is 12.5. The van der Waals surface area contributed by atoms with Crippen LogP contribution in [0, 0.1) is 23.2 Å². The standard InChI is InChI=1S/C15H20N2O2S/c1-11-6-5-8-14(12(11)2)17-20(18,19)15-9-4-3-7-13(15)10-16/h3-4,7,9,11-12,14,17H,5-6,8H2,1-2H3/t11-,12-,14+/m1/s1. The van der Waals surface area contributed by atoms with Crippen LogP contribution in [0.1, 0.15) is 38.7 Å². The minimum atomic E-state index is -3.63. The lowest BCUT2D eigenvalue weighted by Gasteiger charge is -2.34. The summed E-state index contributed by atoms with van der Waals surface area (Å²) in [4.78, 5) is 0.0768. The molecule has 1 fully saturated rings. The quantitative estimate of drug-likeness (QED) is 0.931. The summed E-state index contributed by atoms with van der Waals surface area (Å²) in [6.45, 7) is 4.25. The van der Waals surface area contributed by atoms with Crippen LogP contribution in [-0.2, 0) is 10.0 Å². The summed E-state index contributed by atoms with van der Waals surface area (Å²) in [7, 11) is -3.63. The Bertz CT molecular complexity index is 619. The molecule has 0 aliphatic heterocycles. The maximum atomic E-state index is 12.5. The van der Waals surface area contributed by atoms with E-state index in [-0.39, 0.29) is 16.5 Å². The Balaban J connectivity index is 2.26. The van der Waals surface area contributed by atoms with Gasteiger partial charge in [0.25, 0.3) is 0 Å². The number of hydrogen-bond donors (Lipinski definition) is 1. The zero-order valence-corrected chi connectivity index (χ0v) is 12.7. The molecule has 1 N–H and O–H groups in total. The zero-order chi connectivity index (χ0) is 14.8. The molecule has 0 saturated heterocycles. The first-order valence-corrected chi connectivity index (χ1v) is 8.45. The van der Waals surface area contributed by atoms with Crippen LogP contribution in [0.25, 0.3) is 0 Å². The molecule has 2 rings (SSSR count). The SMILES string of the molecule is C[C@@H]1[C@H](C)CCC[C@@H]1NS(=O)(=O)c1ccccc1C#N. The van der Waals surface area contributed by atoms with Gasteiger partial charge >= 0.3 is 0 Å². The largest absolute Gasteiger partial charge is 0.242 e. The minimum Gasteiger partial charge on any atom is -0.208 e. The fraction of sp³-hybridized carbons (Fsp3) is 0.533. The Labute approximate surface area is 120 Å². The highest BCUT2D eigenvalue weighted by Crippen LogP contribution is 2.30. The summed E-state index contributed by atoms with van der Waals surface area (Å²) in [5, 5.41) is 9.04. The molecule has 5 heteroatoms.